The molecule has 2 aromatic carbocycles. The molecule has 1 heterocycles. The summed E-state index contributed by atoms with van der Waals surface area (Å²) in [4.78, 5) is 15.5. The van der Waals surface area contributed by atoms with Crippen molar-refractivity contribution >= 4 is 45.6 Å². The number of rotatable bonds is 5. The van der Waals surface area contributed by atoms with Gasteiger partial charge in [-0.3, -0.25) is 0 Å². The van der Waals surface area contributed by atoms with Gasteiger partial charge in [0.15, 0.2) is 5.11 Å². The zero-order chi connectivity index (χ0) is 19.4. The van der Waals surface area contributed by atoms with Crippen LogP contribution in [0.5, 0.6) is 0 Å². The highest BCUT2D eigenvalue weighted by molar-refractivity contribution is 7.80. The van der Waals surface area contributed by atoms with Gasteiger partial charge in [0.25, 0.3) is 0 Å². The number of anilines is 2. The second kappa shape index (κ2) is 8.22. The Morgan fingerprint density at radius 2 is 1.81 bits per heavy atom. The molecule has 3 N–H and O–H groups in total. The molecule has 0 aliphatic heterocycles. The summed E-state index contributed by atoms with van der Waals surface area (Å²) in [5, 5.41) is 7.78. The molecule has 0 saturated carbocycles. The lowest BCUT2D eigenvalue weighted by molar-refractivity contribution is 0.0522. The van der Waals surface area contributed by atoms with Crippen LogP contribution in [0.25, 0.3) is 10.9 Å². The molecule has 0 saturated heterocycles. The Labute approximate surface area is 164 Å². The van der Waals surface area contributed by atoms with Crippen LogP contribution < -0.4 is 10.6 Å². The molecule has 0 atom stereocenters. The van der Waals surface area contributed by atoms with Crippen molar-refractivity contribution in [1.29, 1.82) is 0 Å². The normalized spacial score (nSPS) is 10.6. The Hall–Kier alpha value is -2.86. The van der Waals surface area contributed by atoms with Crippen molar-refractivity contribution in [3.63, 3.8) is 0 Å². The standard InChI is InChI=1S/C21H23N3O2S/c1-4-14-10-8-9-13(3)17(14)23-21(27)24-18-15-11-6-7-12-16(15)22-19(18)20(25)26-5-2/h6-12,22H,4-5H2,1-3H3,(H2,23,24,27). The fourth-order valence-electron chi connectivity index (χ4n) is 3.09. The van der Waals surface area contributed by atoms with Gasteiger partial charge in [-0.15, -0.1) is 0 Å². The van der Waals surface area contributed by atoms with E-state index in [4.69, 9.17) is 17.0 Å². The van der Waals surface area contributed by atoms with Crippen molar-refractivity contribution in [2.75, 3.05) is 17.2 Å². The molecule has 0 amide bonds. The first-order chi connectivity index (χ1) is 13.0. The molecule has 5 nitrogen and oxygen atoms in total. The lowest BCUT2D eigenvalue weighted by Crippen LogP contribution is -2.22. The van der Waals surface area contributed by atoms with E-state index in [-0.39, 0.29) is 0 Å². The lowest BCUT2D eigenvalue weighted by Gasteiger charge is -2.16. The highest BCUT2D eigenvalue weighted by Crippen LogP contribution is 2.29. The van der Waals surface area contributed by atoms with Crippen LogP contribution >= 0.6 is 12.2 Å². The molecule has 0 radical (unpaired) electrons. The summed E-state index contributed by atoms with van der Waals surface area (Å²) in [6.45, 7) is 6.23. The van der Waals surface area contributed by atoms with E-state index in [0.29, 0.717) is 23.1 Å². The van der Waals surface area contributed by atoms with Crippen molar-refractivity contribution in [1.82, 2.24) is 4.98 Å². The van der Waals surface area contributed by atoms with E-state index >= 15 is 0 Å². The van der Waals surface area contributed by atoms with Crippen LogP contribution in [0.3, 0.4) is 0 Å². The average Bonchev–Trinajstić information content (AvgIpc) is 3.02. The predicted molar refractivity (Wildman–Crippen MR) is 115 cm³/mol. The Bertz CT molecular complexity index is 994. The number of ether oxygens (including phenoxy) is 1. The second-order valence-electron chi connectivity index (χ2n) is 6.18. The SMILES string of the molecule is CCOC(=O)c1[nH]c2ccccc2c1NC(=S)Nc1c(C)cccc1CC. The van der Waals surface area contributed by atoms with Gasteiger partial charge in [-0.25, -0.2) is 4.79 Å². The Morgan fingerprint density at radius 1 is 1.07 bits per heavy atom. The number of nitrogens with one attached hydrogen (secondary N) is 3. The number of carbonyl (C=O) groups excluding carboxylic acids is 1. The van der Waals surface area contributed by atoms with Crippen LogP contribution in [-0.4, -0.2) is 22.7 Å². The van der Waals surface area contributed by atoms with E-state index in [1.165, 1.54) is 5.56 Å². The molecular weight excluding hydrogens is 358 g/mol. The van der Waals surface area contributed by atoms with E-state index in [9.17, 15) is 4.79 Å². The quantitative estimate of drug-likeness (QED) is 0.427. The van der Waals surface area contributed by atoms with Gasteiger partial charge in [0, 0.05) is 16.6 Å². The van der Waals surface area contributed by atoms with Crippen LogP contribution in [0.15, 0.2) is 42.5 Å². The first kappa shape index (κ1) is 18.9. The molecule has 0 spiro atoms. The van der Waals surface area contributed by atoms with Gasteiger partial charge < -0.3 is 20.4 Å². The molecule has 140 valence electrons. The molecule has 1 aromatic heterocycles. The minimum Gasteiger partial charge on any atom is -0.461 e. The number of fused-ring (bicyclic) bond motifs is 1. The molecule has 0 unspecified atom stereocenters. The van der Waals surface area contributed by atoms with E-state index in [2.05, 4.69) is 28.6 Å². The smallest absolute Gasteiger partial charge is 0.356 e. The topological polar surface area (TPSA) is 66.2 Å². The van der Waals surface area contributed by atoms with E-state index in [1.807, 2.05) is 43.3 Å². The lowest BCUT2D eigenvalue weighted by atomic mass is 10.1. The minimum atomic E-state index is -0.413. The molecule has 0 bridgehead atoms. The number of para-hydroxylation sites is 2. The van der Waals surface area contributed by atoms with Gasteiger partial charge in [-0.1, -0.05) is 43.3 Å². The van der Waals surface area contributed by atoms with Crippen LogP contribution in [0.4, 0.5) is 11.4 Å². The third-order valence-corrected chi connectivity index (χ3v) is 4.61. The molecule has 27 heavy (non-hydrogen) atoms. The van der Waals surface area contributed by atoms with E-state index in [1.54, 1.807) is 6.92 Å². The van der Waals surface area contributed by atoms with Gasteiger partial charge in [-0.2, -0.15) is 0 Å². The zero-order valence-corrected chi connectivity index (χ0v) is 16.5. The minimum absolute atomic E-state index is 0.305. The second-order valence-corrected chi connectivity index (χ2v) is 6.59. The number of aromatic nitrogens is 1. The molecule has 3 rings (SSSR count). The number of benzene rings is 2. The fraction of sp³-hybridized carbons (Fsp3) is 0.238. The average molecular weight is 382 g/mol. The summed E-state index contributed by atoms with van der Waals surface area (Å²) in [7, 11) is 0. The largest absolute Gasteiger partial charge is 0.461 e. The summed E-state index contributed by atoms with van der Waals surface area (Å²) in [5.41, 5.74) is 5.12. The maximum atomic E-state index is 12.4. The van der Waals surface area contributed by atoms with Gasteiger partial charge >= 0.3 is 5.97 Å². The summed E-state index contributed by atoms with van der Waals surface area (Å²) in [5.74, 6) is -0.413. The molecule has 6 heteroatoms. The molecular formula is C21H23N3O2S. The third kappa shape index (κ3) is 3.95. The van der Waals surface area contributed by atoms with Gasteiger partial charge in [0.1, 0.15) is 5.69 Å². The summed E-state index contributed by atoms with van der Waals surface area (Å²) >= 11 is 5.54. The van der Waals surface area contributed by atoms with Crippen molar-refractivity contribution < 1.29 is 9.53 Å². The first-order valence-electron chi connectivity index (χ1n) is 8.99. The predicted octanol–water partition coefficient (Wildman–Crippen LogP) is 5.02. The van der Waals surface area contributed by atoms with Crippen LogP contribution in [0.2, 0.25) is 0 Å². The third-order valence-electron chi connectivity index (χ3n) is 4.40. The highest BCUT2D eigenvalue weighted by atomic mass is 32.1. The maximum Gasteiger partial charge on any atom is 0.356 e. The van der Waals surface area contributed by atoms with E-state index < -0.39 is 5.97 Å². The van der Waals surface area contributed by atoms with Crippen LogP contribution in [0.1, 0.15) is 35.5 Å². The summed E-state index contributed by atoms with van der Waals surface area (Å²) in [6.07, 6.45) is 0.897. The van der Waals surface area contributed by atoms with Gasteiger partial charge in [-0.05, 0) is 49.7 Å². The number of carbonyl (C=O) groups is 1. The maximum absolute atomic E-state index is 12.4. The Morgan fingerprint density at radius 3 is 2.56 bits per heavy atom. The highest BCUT2D eigenvalue weighted by Gasteiger charge is 2.20. The van der Waals surface area contributed by atoms with Crippen LogP contribution in [-0.2, 0) is 11.2 Å². The first-order valence-corrected chi connectivity index (χ1v) is 9.40. The number of aryl methyl sites for hydroxylation is 2. The van der Waals surface area contributed by atoms with Crippen molar-refractivity contribution in [2.45, 2.75) is 27.2 Å². The Kier molecular flexibility index (Phi) is 5.76. The van der Waals surface area contributed by atoms with Crippen molar-refractivity contribution in [2.24, 2.45) is 0 Å². The fourth-order valence-corrected chi connectivity index (χ4v) is 3.29. The van der Waals surface area contributed by atoms with Crippen molar-refractivity contribution in [3.8, 4) is 0 Å². The van der Waals surface area contributed by atoms with Gasteiger partial charge in [0.2, 0.25) is 0 Å². The Balaban J connectivity index is 1.93. The molecule has 0 aliphatic carbocycles. The summed E-state index contributed by atoms with van der Waals surface area (Å²) < 4.78 is 5.18. The van der Waals surface area contributed by atoms with Crippen molar-refractivity contribution in [3.05, 3.63) is 59.3 Å². The number of esters is 1. The molecule has 0 fully saturated rings. The monoisotopic (exact) mass is 381 g/mol. The number of hydrogen-bond donors (Lipinski definition) is 3. The molecule has 0 aliphatic rings. The summed E-state index contributed by atoms with van der Waals surface area (Å²) in [6, 6.07) is 13.8. The number of H-pyrrole nitrogens is 1. The number of aromatic amines is 1. The number of thiocarbonyl (C=S) groups is 1. The number of hydrogen-bond acceptors (Lipinski definition) is 3. The van der Waals surface area contributed by atoms with E-state index in [0.717, 1.165) is 28.6 Å². The zero-order valence-electron chi connectivity index (χ0n) is 15.7. The van der Waals surface area contributed by atoms with Crippen LogP contribution in [0, 0.1) is 6.92 Å². The molecule has 3 aromatic rings. The van der Waals surface area contributed by atoms with Gasteiger partial charge in [0.05, 0.1) is 12.3 Å².